The highest BCUT2D eigenvalue weighted by atomic mass is 16.2. The molecule has 1 aliphatic carbocycles. The first kappa shape index (κ1) is 17.1. The van der Waals surface area contributed by atoms with Crippen LogP contribution in [0.5, 0.6) is 0 Å². The quantitative estimate of drug-likeness (QED) is 0.870. The maximum atomic E-state index is 12.9. The lowest BCUT2D eigenvalue weighted by Crippen LogP contribution is -2.47. The van der Waals surface area contributed by atoms with E-state index >= 15 is 0 Å². The summed E-state index contributed by atoms with van der Waals surface area (Å²) in [5, 5.41) is 2.86. The molecule has 0 unspecified atom stereocenters. The molecule has 28 heavy (non-hydrogen) atoms. The van der Waals surface area contributed by atoms with Gasteiger partial charge in [-0.3, -0.25) is 14.6 Å². The number of rotatable bonds is 2. The molecule has 0 atom stereocenters. The fourth-order valence-corrected chi connectivity index (χ4v) is 4.18. The zero-order valence-electron chi connectivity index (χ0n) is 15.9. The van der Waals surface area contributed by atoms with E-state index in [0.717, 1.165) is 66.1 Å². The summed E-state index contributed by atoms with van der Waals surface area (Å²) in [5.74, 6) is 0.0440. The van der Waals surface area contributed by atoms with E-state index in [4.69, 9.17) is 0 Å². The first-order valence-electron chi connectivity index (χ1n) is 9.69. The van der Waals surface area contributed by atoms with E-state index < -0.39 is 0 Å². The second-order valence-electron chi connectivity index (χ2n) is 7.69. The monoisotopic (exact) mass is 376 g/mol. The van der Waals surface area contributed by atoms with Gasteiger partial charge < -0.3 is 15.1 Å². The second-order valence-corrected chi connectivity index (χ2v) is 7.69. The highest BCUT2D eigenvalue weighted by Gasteiger charge is 2.25. The molecule has 2 amide bonds. The number of aromatic nitrogens is 1. The van der Waals surface area contributed by atoms with Crippen LogP contribution in [0.3, 0.4) is 0 Å². The number of nitrogens with one attached hydrogen (secondary N) is 1. The van der Waals surface area contributed by atoms with Crippen molar-refractivity contribution in [1.29, 1.82) is 0 Å². The van der Waals surface area contributed by atoms with Crippen molar-refractivity contribution in [2.24, 2.45) is 0 Å². The van der Waals surface area contributed by atoms with Crippen LogP contribution in [-0.4, -0.2) is 59.8 Å². The molecule has 1 aromatic carbocycles. The molecule has 0 saturated carbocycles. The van der Waals surface area contributed by atoms with E-state index in [1.54, 1.807) is 6.20 Å². The Morgan fingerprint density at radius 1 is 1.14 bits per heavy atom. The molecule has 1 aromatic heterocycles. The van der Waals surface area contributed by atoms with Crippen molar-refractivity contribution in [1.82, 2.24) is 20.1 Å². The first-order valence-corrected chi connectivity index (χ1v) is 9.69. The summed E-state index contributed by atoms with van der Waals surface area (Å²) >= 11 is 0. The lowest BCUT2D eigenvalue weighted by Gasteiger charge is -2.32. The summed E-state index contributed by atoms with van der Waals surface area (Å²) < 4.78 is 0. The molecule has 144 valence electrons. The molecule has 3 aliphatic rings. The number of fused-ring (bicyclic) bond motifs is 2. The summed E-state index contributed by atoms with van der Waals surface area (Å²) in [7, 11) is 2.08. The van der Waals surface area contributed by atoms with E-state index in [2.05, 4.69) is 34.4 Å². The second kappa shape index (κ2) is 6.56. The smallest absolute Gasteiger partial charge is 0.255 e. The van der Waals surface area contributed by atoms with Gasteiger partial charge in [-0.05, 0) is 41.9 Å². The summed E-state index contributed by atoms with van der Waals surface area (Å²) in [6.45, 7) is 3.87. The fraction of sp³-hybridized carbons (Fsp3) is 0.318. The van der Waals surface area contributed by atoms with E-state index in [-0.39, 0.29) is 13.2 Å². The topological polar surface area (TPSA) is 65.5 Å². The van der Waals surface area contributed by atoms with Gasteiger partial charge in [0.2, 0.25) is 0 Å². The number of pyridine rings is 1. The Hall–Kier alpha value is -2.99. The third kappa shape index (κ3) is 2.81. The van der Waals surface area contributed by atoms with Crippen molar-refractivity contribution in [2.45, 2.75) is 13.0 Å². The highest BCUT2D eigenvalue weighted by molar-refractivity contribution is 5.99. The summed E-state index contributed by atoms with van der Waals surface area (Å²) in [6.07, 6.45) is 4.64. The van der Waals surface area contributed by atoms with Crippen LogP contribution in [-0.2, 0) is 13.0 Å². The van der Waals surface area contributed by atoms with Gasteiger partial charge in [-0.2, -0.15) is 0 Å². The number of hydrogen-bond donors (Lipinski definition) is 1. The van der Waals surface area contributed by atoms with Crippen molar-refractivity contribution < 1.29 is 11.0 Å². The van der Waals surface area contributed by atoms with Gasteiger partial charge >= 0.3 is 0 Å². The average molecular weight is 376 g/mol. The molecule has 5 rings (SSSR count). The van der Waals surface area contributed by atoms with Crippen molar-refractivity contribution >= 4 is 17.4 Å². The SMILES string of the molecule is CN1CCN(C(=O)c2cnc3c(c2)C(c2ccc4c(c2)CNC4=O)=CC3)CC1.[HH]. The number of amides is 2. The van der Waals surface area contributed by atoms with Gasteiger partial charge in [-0.15, -0.1) is 0 Å². The van der Waals surface area contributed by atoms with Crippen molar-refractivity contribution in [3.8, 4) is 0 Å². The number of nitrogens with zero attached hydrogens (tertiary/aromatic N) is 3. The normalized spacial score (nSPS) is 18.5. The number of carbonyl (C=O) groups is 2. The van der Waals surface area contributed by atoms with E-state index in [9.17, 15) is 9.59 Å². The largest absolute Gasteiger partial charge is 0.348 e. The van der Waals surface area contributed by atoms with E-state index in [1.807, 2.05) is 23.1 Å². The van der Waals surface area contributed by atoms with Gasteiger partial charge in [0.15, 0.2) is 0 Å². The molecule has 6 nitrogen and oxygen atoms in total. The Morgan fingerprint density at radius 2 is 1.96 bits per heavy atom. The Bertz CT molecular complexity index is 1030. The number of carbonyl (C=O) groups excluding carboxylic acids is 2. The maximum Gasteiger partial charge on any atom is 0.255 e. The predicted molar refractivity (Wildman–Crippen MR) is 108 cm³/mol. The zero-order valence-corrected chi connectivity index (χ0v) is 15.9. The summed E-state index contributed by atoms with van der Waals surface area (Å²) in [4.78, 5) is 33.5. The third-order valence-electron chi connectivity index (χ3n) is 5.90. The maximum absolute atomic E-state index is 12.9. The number of benzene rings is 1. The standard InChI is InChI=1S/C22H22N4O2.H2/c1-25-6-8-26(9-7-25)22(28)16-11-19-17(4-5-20(19)23-13-16)14-2-3-18-15(10-14)12-24-21(18)27;/h2-4,10-11,13H,5-9,12H2,1H3,(H,24,27);1H. The average Bonchev–Trinajstić information content (AvgIpc) is 3.31. The van der Waals surface area contributed by atoms with Gasteiger partial charge in [0.1, 0.15) is 0 Å². The molecule has 6 heteroatoms. The fourth-order valence-electron chi connectivity index (χ4n) is 4.18. The lowest BCUT2D eigenvalue weighted by atomic mass is 9.96. The first-order chi connectivity index (χ1) is 13.6. The molecule has 3 heterocycles. The van der Waals surface area contributed by atoms with Crippen LogP contribution >= 0.6 is 0 Å². The van der Waals surface area contributed by atoms with Crippen LogP contribution in [0, 0.1) is 0 Å². The minimum atomic E-state index is -0.0101. The van der Waals surface area contributed by atoms with Crippen LogP contribution in [0.4, 0.5) is 0 Å². The van der Waals surface area contributed by atoms with E-state index in [1.165, 1.54) is 0 Å². The lowest BCUT2D eigenvalue weighted by molar-refractivity contribution is 0.0663. The summed E-state index contributed by atoms with van der Waals surface area (Å²) in [6, 6.07) is 7.93. The van der Waals surface area contributed by atoms with Crippen molar-refractivity contribution in [3.63, 3.8) is 0 Å². The van der Waals surface area contributed by atoms with Crippen molar-refractivity contribution in [3.05, 3.63) is 70.0 Å². The Morgan fingerprint density at radius 3 is 2.79 bits per heavy atom. The Kier molecular flexibility index (Phi) is 4.02. The molecule has 0 spiro atoms. The van der Waals surface area contributed by atoms with E-state index in [0.29, 0.717) is 12.1 Å². The molecule has 1 saturated heterocycles. The molecule has 1 N–H and O–H groups in total. The Labute approximate surface area is 165 Å². The molecular formula is C22H24N4O2. The predicted octanol–water partition coefficient (Wildman–Crippen LogP) is 1.95. The molecule has 0 bridgehead atoms. The van der Waals surface area contributed by atoms with Gasteiger partial charge in [0, 0.05) is 57.9 Å². The Balaban J connectivity index is 0.00000205. The number of likely N-dealkylation sites (N-methyl/N-ethyl adjacent to an activating group) is 1. The zero-order chi connectivity index (χ0) is 19.3. The van der Waals surface area contributed by atoms with Crippen LogP contribution in [0.1, 0.15) is 44.5 Å². The van der Waals surface area contributed by atoms with Crippen molar-refractivity contribution in [2.75, 3.05) is 33.2 Å². The molecule has 2 aromatic rings. The highest BCUT2D eigenvalue weighted by Crippen LogP contribution is 2.34. The minimum absolute atomic E-state index is 0. The van der Waals surface area contributed by atoms with Crippen LogP contribution < -0.4 is 5.32 Å². The van der Waals surface area contributed by atoms with Gasteiger partial charge in [0.05, 0.1) is 11.3 Å². The number of hydrogen-bond acceptors (Lipinski definition) is 4. The molecular weight excluding hydrogens is 352 g/mol. The van der Waals surface area contributed by atoms with Crippen LogP contribution in [0.25, 0.3) is 5.57 Å². The minimum Gasteiger partial charge on any atom is -0.348 e. The summed E-state index contributed by atoms with van der Waals surface area (Å²) in [5.41, 5.74) is 6.61. The molecule has 1 fully saturated rings. The van der Waals surface area contributed by atoms with Gasteiger partial charge in [0.25, 0.3) is 11.8 Å². The van der Waals surface area contributed by atoms with Crippen LogP contribution in [0.2, 0.25) is 0 Å². The third-order valence-corrected chi connectivity index (χ3v) is 5.90. The van der Waals surface area contributed by atoms with Gasteiger partial charge in [-0.25, -0.2) is 0 Å². The van der Waals surface area contributed by atoms with Gasteiger partial charge in [-0.1, -0.05) is 12.1 Å². The molecule has 0 radical (unpaired) electrons. The molecule has 2 aliphatic heterocycles. The van der Waals surface area contributed by atoms with Crippen LogP contribution in [0.15, 0.2) is 36.5 Å². The number of allylic oxidation sites excluding steroid dienone is 1. The number of piperazine rings is 1.